The van der Waals surface area contributed by atoms with Crippen LogP contribution in [-0.2, 0) is 23.8 Å². The first kappa shape index (κ1) is 61.3. The van der Waals surface area contributed by atoms with Crippen molar-refractivity contribution >= 4 is 11.9 Å². The molecule has 0 aliphatic carbocycles. The molecule has 0 heterocycles. The Kier molecular flexibility index (Phi) is 52.4. The highest BCUT2D eigenvalue weighted by Crippen LogP contribution is 2.14. The van der Waals surface area contributed by atoms with Gasteiger partial charge in [0.1, 0.15) is 6.61 Å². The van der Waals surface area contributed by atoms with Gasteiger partial charge in [-0.1, -0.05) is 216 Å². The van der Waals surface area contributed by atoms with Crippen molar-refractivity contribution in [3.63, 3.8) is 0 Å². The van der Waals surface area contributed by atoms with E-state index in [0.717, 1.165) is 89.9 Å². The summed E-state index contributed by atoms with van der Waals surface area (Å²) in [6, 6.07) is 0. The number of allylic oxidation sites excluding steroid dienone is 12. The quantitative estimate of drug-likeness (QED) is 0.0346. The molecule has 0 N–H and O–H groups in total. The van der Waals surface area contributed by atoms with E-state index in [1.165, 1.54) is 141 Å². The molecule has 0 aromatic carbocycles. The molecule has 5 heteroatoms. The van der Waals surface area contributed by atoms with Gasteiger partial charge in [-0.15, -0.1) is 0 Å². The molecule has 370 valence electrons. The van der Waals surface area contributed by atoms with E-state index in [2.05, 4.69) is 93.7 Å². The van der Waals surface area contributed by atoms with Crippen molar-refractivity contribution in [1.29, 1.82) is 0 Å². The third-order valence-corrected chi connectivity index (χ3v) is 11.7. The second-order valence-corrected chi connectivity index (χ2v) is 18.1. The molecule has 0 saturated carbocycles. The number of hydrogen-bond acceptors (Lipinski definition) is 5. The number of carbonyl (C=O) groups excluding carboxylic acids is 2. The van der Waals surface area contributed by atoms with Crippen LogP contribution in [0.3, 0.4) is 0 Å². The van der Waals surface area contributed by atoms with E-state index in [-0.39, 0.29) is 25.2 Å². The third-order valence-electron chi connectivity index (χ3n) is 11.7. The zero-order chi connectivity index (χ0) is 46.3. The molecule has 0 spiro atoms. The van der Waals surface area contributed by atoms with E-state index in [1.807, 2.05) is 0 Å². The van der Waals surface area contributed by atoms with Crippen LogP contribution in [0.1, 0.15) is 265 Å². The summed E-state index contributed by atoms with van der Waals surface area (Å²) in [4.78, 5) is 25.4. The van der Waals surface area contributed by atoms with Gasteiger partial charge in [0.05, 0.1) is 6.61 Å². The first-order valence-corrected chi connectivity index (χ1v) is 27.5. The second-order valence-electron chi connectivity index (χ2n) is 18.1. The lowest BCUT2D eigenvalue weighted by Gasteiger charge is -2.18. The Labute approximate surface area is 397 Å². The summed E-state index contributed by atoms with van der Waals surface area (Å²) in [6.45, 7) is 7.67. The van der Waals surface area contributed by atoms with Crippen molar-refractivity contribution in [2.75, 3.05) is 19.8 Å². The monoisotopic (exact) mass is 893 g/mol. The Bertz CT molecular complexity index is 1150. The molecule has 64 heavy (non-hydrogen) atoms. The van der Waals surface area contributed by atoms with Gasteiger partial charge in [-0.3, -0.25) is 9.59 Å². The number of carbonyl (C=O) groups is 2. The highest BCUT2D eigenvalue weighted by Gasteiger charge is 2.17. The molecule has 0 aliphatic rings. The molecule has 0 amide bonds. The molecule has 0 bridgehead atoms. The van der Waals surface area contributed by atoms with Crippen molar-refractivity contribution in [2.24, 2.45) is 0 Å². The highest BCUT2D eigenvalue weighted by atomic mass is 16.6. The van der Waals surface area contributed by atoms with Crippen LogP contribution in [0.15, 0.2) is 72.9 Å². The van der Waals surface area contributed by atoms with E-state index < -0.39 is 6.10 Å². The van der Waals surface area contributed by atoms with E-state index in [9.17, 15) is 9.59 Å². The summed E-state index contributed by atoms with van der Waals surface area (Å²) in [5.74, 6) is -0.417. The number of esters is 2. The lowest BCUT2D eigenvalue weighted by atomic mass is 10.1. The standard InChI is InChI=1S/C59H104O5/c1-4-7-10-13-16-19-22-25-27-29-31-33-36-39-42-45-48-51-54-62-55-57(64-59(61)53-50-47-44-41-38-34-24-21-18-15-12-9-6-3)56-63-58(60)52-49-46-43-40-37-35-32-30-28-26-23-20-17-14-11-8-5-2/h8,11,16-17,19-21,24-28,57H,4-7,9-10,12-15,18,22-23,29-56H2,1-3H3/b11-8-,19-16-,20-17-,24-21-,27-25-,28-26-. The predicted octanol–water partition coefficient (Wildman–Crippen LogP) is 18.7. The maximum Gasteiger partial charge on any atom is 0.306 e. The van der Waals surface area contributed by atoms with Gasteiger partial charge in [0.2, 0.25) is 0 Å². The molecule has 5 nitrogen and oxygen atoms in total. The molecule has 1 atom stereocenters. The van der Waals surface area contributed by atoms with Gasteiger partial charge in [0, 0.05) is 19.4 Å². The maximum absolute atomic E-state index is 12.8. The number of unbranched alkanes of at least 4 members (excludes halogenated alkanes) is 27. The zero-order valence-electron chi connectivity index (χ0n) is 42.5. The summed E-state index contributed by atoms with van der Waals surface area (Å²) in [5, 5.41) is 0. The van der Waals surface area contributed by atoms with Crippen LogP contribution in [0.4, 0.5) is 0 Å². The predicted molar refractivity (Wildman–Crippen MR) is 279 cm³/mol. The first-order valence-electron chi connectivity index (χ1n) is 27.5. The van der Waals surface area contributed by atoms with Gasteiger partial charge in [0.25, 0.3) is 0 Å². The van der Waals surface area contributed by atoms with E-state index in [0.29, 0.717) is 19.4 Å². The van der Waals surface area contributed by atoms with Gasteiger partial charge in [-0.2, -0.15) is 0 Å². The molecule has 0 aromatic rings. The van der Waals surface area contributed by atoms with Crippen LogP contribution in [0.2, 0.25) is 0 Å². The molecule has 0 aromatic heterocycles. The average Bonchev–Trinajstić information content (AvgIpc) is 3.30. The van der Waals surface area contributed by atoms with Crippen molar-refractivity contribution in [2.45, 2.75) is 271 Å². The summed E-state index contributed by atoms with van der Waals surface area (Å²) in [5.41, 5.74) is 0. The zero-order valence-corrected chi connectivity index (χ0v) is 42.5. The molecule has 0 saturated heterocycles. The van der Waals surface area contributed by atoms with E-state index in [4.69, 9.17) is 14.2 Å². The Morgan fingerprint density at radius 3 is 1.17 bits per heavy atom. The SMILES string of the molecule is CC/C=C\C/C=C\C/C=C\CCCCCCCCCC(=O)OCC(COCCCCCCCCCC/C=C\C/C=C\CCCCC)OC(=O)CCCCCCC/C=C\CCCCCC. The molecule has 0 rings (SSSR count). The van der Waals surface area contributed by atoms with Crippen LogP contribution >= 0.6 is 0 Å². The minimum atomic E-state index is -0.550. The second kappa shape index (κ2) is 54.7. The van der Waals surface area contributed by atoms with Gasteiger partial charge >= 0.3 is 11.9 Å². The van der Waals surface area contributed by atoms with Crippen molar-refractivity contribution in [1.82, 2.24) is 0 Å². The van der Waals surface area contributed by atoms with Crippen molar-refractivity contribution in [3.8, 4) is 0 Å². The molecule has 0 fully saturated rings. The summed E-state index contributed by atoms with van der Waals surface area (Å²) in [6.07, 6.45) is 70.5. The van der Waals surface area contributed by atoms with E-state index >= 15 is 0 Å². The smallest absolute Gasteiger partial charge is 0.306 e. The minimum absolute atomic E-state index is 0.0731. The Morgan fingerprint density at radius 1 is 0.359 bits per heavy atom. The molecule has 0 radical (unpaired) electrons. The molecule has 0 aliphatic heterocycles. The topological polar surface area (TPSA) is 61.8 Å². The average molecular weight is 893 g/mol. The molecule has 1 unspecified atom stereocenters. The lowest BCUT2D eigenvalue weighted by molar-refractivity contribution is -0.163. The highest BCUT2D eigenvalue weighted by molar-refractivity contribution is 5.70. The molecular weight excluding hydrogens is 789 g/mol. The fourth-order valence-electron chi connectivity index (χ4n) is 7.61. The fraction of sp³-hybridized carbons (Fsp3) is 0.763. The lowest BCUT2D eigenvalue weighted by Crippen LogP contribution is -2.30. The van der Waals surface area contributed by atoms with Crippen molar-refractivity contribution in [3.05, 3.63) is 72.9 Å². The number of hydrogen-bond donors (Lipinski definition) is 0. The van der Waals surface area contributed by atoms with Gasteiger partial charge < -0.3 is 14.2 Å². The van der Waals surface area contributed by atoms with Gasteiger partial charge in [0.15, 0.2) is 6.10 Å². The van der Waals surface area contributed by atoms with Gasteiger partial charge in [-0.05, 0) is 109 Å². The third kappa shape index (κ3) is 52.0. The first-order chi connectivity index (χ1) is 31.6. The maximum atomic E-state index is 12.8. The van der Waals surface area contributed by atoms with Crippen LogP contribution in [0, 0.1) is 0 Å². The normalized spacial score (nSPS) is 12.7. The summed E-state index contributed by atoms with van der Waals surface area (Å²) < 4.78 is 17.4. The van der Waals surface area contributed by atoms with Crippen LogP contribution in [0.5, 0.6) is 0 Å². The van der Waals surface area contributed by atoms with Crippen LogP contribution < -0.4 is 0 Å². The van der Waals surface area contributed by atoms with Crippen molar-refractivity contribution < 1.29 is 23.8 Å². The summed E-state index contributed by atoms with van der Waals surface area (Å²) in [7, 11) is 0. The van der Waals surface area contributed by atoms with Crippen LogP contribution in [0.25, 0.3) is 0 Å². The largest absolute Gasteiger partial charge is 0.462 e. The van der Waals surface area contributed by atoms with Crippen LogP contribution in [-0.4, -0.2) is 37.9 Å². The van der Waals surface area contributed by atoms with E-state index in [1.54, 1.807) is 0 Å². The Balaban J connectivity index is 4.28. The van der Waals surface area contributed by atoms with Gasteiger partial charge in [-0.25, -0.2) is 0 Å². The number of ether oxygens (including phenoxy) is 3. The minimum Gasteiger partial charge on any atom is -0.462 e. The Hall–Kier alpha value is -2.66. The molecular formula is C59H104O5. The number of rotatable bonds is 50. The summed E-state index contributed by atoms with van der Waals surface area (Å²) >= 11 is 0. The Morgan fingerprint density at radius 2 is 0.703 bits per heavy atom. The fourth-order valence-corrected chi connectivity index (χ4v) is 7.61.